The van der Waals surface area contributed by atoms with E-state index < -0.39 is 17.4 Å². The molecule has 3 N–H and O–H groups in total. The third-order valence-corrected chi connectivity index (χ3v) is 3.74. The summed E-state index contributed by atoms with van der Waals surface area (Å²) in [5.41, 5.74) is 5.17. The van der Waals surface area contributed by atoms with Crippen molar-refractivity contribution >= 4 is 11.9 Å². The van der Waals surface area contributed by atoms with Gasteiger partial charge in [0.05, 0.1) is 11.5 Å². The van der Waals surface area contributed by atoms with Crippen LogP contribution in [0.1, 0.15) is 40.0 Å². The van der Waals surface area contributed by atoms with Gasteiger partial charge in [-0.05, 0) is 32.1 Å². The number of hydrogen-bond donors (Lipinski definition) is 2. The topological polar surface area (TPSA) is 83.6 Å². The first-order chi connectivity index (χ1) is 8.26. The zero-order valence-corrected chi connectivity index (χ0v) is 11.5. The Morgan fingerprint density at radius 3 is 2.22 bits per heavy atom. The molecule has 0 aromatic carbocycles. The van der Waals surface area contributed by atoms with E-state index in [0.29, 0.717) is 38.3 Å². The van der Waals surface area contributed by atoms with Crippen LogP contribution in [0.25, 0.3) is 0 Å². The molecular weight excluding hydrogens is 232 g/mol. The van der Waals surface area contributed by atoms with Gasteiger partial charge < -0.3 is 15.7 Å². The summed E-state index contributed by atoms with van der Waals surface area (Å²) >= 11 is 0. The Bertz CT molecular complexity index is 320. The van der Waals surface area contributed by atoms with Gasteiger partial charge in [-0.3, -0.25) is 9.59 Å². The Balaban J connectivity index is 2.52. The quantitative estimate of drug-likeness (QED) is 0.788. The second-order valence-corrected chi connectivity index (χ2v) is 5.93. The first-order valence-electron chi connectivity index (χ1n) is 6.54. The van der Waals surface area contributed by atoms with Crippen LogP contribution in [-0.4, -0.2) is 41.0 Å². The molecule has 18 heavy (non-hydrogen) atoms. The van der Waals surface area contributed by atoms with Crippen molar-refractivity contribution in [2.45, 2.75) is 46.1 Å². The number of hydrogen-bond acceptors (Lipinski definition) is 3. The highest BCUT2D eigenvalue weighted by molar-refractivity contribution is 5.82. The van der Waals surface area contributed by atoms with Gasteiger partial charge in [0.15, 0.2) is 0 Å². The number of carboxylic acids is 1. The largest absolute Gasteiger partial charge is 0.481 e. The van der Waals surface area contributed by atoms with Crippen LogP contribution in [0.5, 0.6) is 0 Å². The normalized spacial score (nSPS) is 20.8. The van der Waals surface area contributed by atoms with Crippen molar-refractivity contribution < 1.29 is 14.7 Å². The standard InChI is InChI=1S/C13H24N2O3/c1-9(2)8-10(14)11(16)15-6-4-13(3,5-7-15)12(17)18/h9-10H,4-8,14H2,1-3H3,(H,17,18)/t10-/m1/s1. The minimum atomic E-state index is -0.777. The van der Waals surface area contributed by atoms with Gasteiger partial charge in [-0.15, -0.1) is 0 Å². The minimum Gasteiger partial charge on any atom is -0.481 e. The number of carbonyl (C=O) groups excluding carboxylic acids is 1. The molecule has 1 rings (SSSR count). The maximum absolute atomic E-state index is 12.1. The smallest absolute Gasteiger partial charge is 0.309 e. The highest BCUT2D eigenvalue weighted by Gasteiger charge is 2.38. The predicted molar refractivity (Wildman–Crippen MR) is 69.0 cm³/mol. The van der Waals surface area contributed by atoms with E-state index >= 15 is 0 Å². The van der Waals surface area contributed by atoms with Crippen LogP contribution < -0.4 is 5.73 Å². The molecule has 0 aliphatic carbocycles. The van der Waals surface area contributed by atoms with Crippen molar-refractivity contribution in [3.05, 3.63) is 0 Å². The summed E-state index contributed by atoms with van der Waals surface area (Å²) in [5.74, 6) is -0.435. The van der Waals surface area contributed by atoms with Crippen LogP contribution in [0.3, 0.4) is 0 Å². The van der Waals surface area contributed by atoms with Crippen LogP contribution >= 0.6 is 0 Å². The zero-order chi connectivity index (χ0) is 13.9. The van der Waals surface area contributed by atoms with E-state index in [1.807, 2.05) is 13.8 Å². The summed E-state index contributed by atoms with van der Waals surface area (Å²) < 4.78 is 0. The van der Waals surface area contributed by atoms with Crippen LogP contribution in [0, 0.1) is 11.3 Å². The maximum Gasteiger partial charge on any atom is 0.309 e. The molecule has 0 saturated carbocycles. The molecule has 1 amide bonds. The number of nitrogens with zero attached hydrogens (tertiary/aromatic N) is 1. The summed E-state index contributed by atoms with van der Waals surface area (Å²) in [4.78, 5) is 24.9. The van der Waals surface area contributed by atoms with E-state index in [9.17, 15) is 9.59 Å². The Hall–Kier alpha value is -1.10. The molecule has 0 radical (unpaired) electrons. The Morgan fingerprint density at radius 1 is 1.33 bits per heavy atom. The average molecular weight is 256 g/mol. The highest BCUT2D eigenvalue weighted by atomic mass is 16.4. The highest BCUT2D eigenvalue weighted by Crippen LogP contribution is 2.31. The number of aliphatic carboxylic acids is 1. The number of likely N-dealkylation sites (tertiary alicyclic amines) is 1. The first-order valence-corrected chi connectivity index (χ1v) is 6.54. The molecule has 1 aliphatic heterocycles. The second-order valence-electron chi connectivity index (χ2n) is 5.93. The zero-order valence-electron chi connectivity index (χ0n) is 11.5. The Morgan fingerprint density at radius 2 is 1.83 bits per heavy atom. The molecular formula is C13H24N2O3. The lowest BCUT2D eigenvalue weighted by atomic mass is 9.80. The molecule has 1 fully saturated rings. The third-order valence-electron chi connectivity index (χ3n) is 3.74. The van der Waals surface area contributed by atoms with Gasteiger partial charge in [0.1, 0.15) is 0 Å². The molecule has 0 aromatic rings. The molecule has 5 heteroatoms. The third kappa shape index (κ3) is 3.45. The van der Waals surface area contributed by atoms with E-state index in [1.54, 1.807) is 11.8 Å². The van der Waals surface area contributed by atoms with E-state index in [-0.39, 0.29) is 5.91 Å². The number of nitrogens with two attached hydrogens (primary N) is 1. The summed E-state index contributed by atoms with van der Waals surface area (Å²) in [6.45, 7) is 6.79. The van der Waals surface area contributed by atoms with Gasteiger partial charge in [0.2, 0.25) is 5.91 Å². The summed E-state index contributed by atoms with van der Waals surface area (Å²) in [7, 11) is 0. The SMILES string of the molecule is CC(C)C[C@@H](N)C(=O)N1CCC(C)(C(=O)O)CC1. The monoisotopic (exact) mass is 256 g/mol. The molecule has 1 heterocycles. The van der Waals surface area contributed by atoms with Crippen molar-refractivity contribution in [3.8, 4) is 0 Å². The number of amides is 1. The molecule has 0 spiro atoms. The number of carboxylic acid groups (broad SMARTS) is 1. The summed E-state index contributed by atoms with van der Waals surface area (Å²) in [6, 6.07) is -0.459. The molecule has 1 aliphatic rings. The minimum absolute atomic E-state index is 0.0452. The summed E-state index contributed by atoms with van der Waals surface area (Å²) in [6.07, 6.45) is 1.68. The first kappa shape index (κ1) is 15.0. The lowest BCUT2D eigenvalue weighted by Gasteiger charge is -2.37. The summed E-state index contributed by atoms with van der Waals surface area (Å²) in [5, 5.41) is 9.12. The molecule has 1 atom stereocenters. The van der Waals surface area contributed by atoms with Gasteiger partial charge >= 0.3 is 5.97 Å². The van der Waals surface area contributed by atoms with Gasteiger partial charge in [0, 0.05) is 13.1 Å². The van der Waals surface area contributed by atoms with Gasteiger partial charge in [0.25, 0.3) is 0 Å². The van der Waals surface area contributed by atoms with Crippen LogP contribution in [-0.2, 0) is 9.59 Å². The molecule has 0 bridgehead atoms. The Kier molecular flexibility index (Phi) is 4.73. The van der Waals surface area contributed by atoms with E-state index in [1.165, 1.54) is 0 Å². The fourth-order valence-corrected chi connectivity index (χ4v) is 2.28. The maximum atomic E-state index is 12.1. The second kappa shape index (κ2) is 5.69. The van der Waals surface area contributed by atoms with E-state index in [0.717, 1.165) is 0 Å². The van der Waals surface area contributed by atoms with Crippen molar-refractivity contribution in [1.29, 1.82) is 0 Å². The number of rotatable bonds is 4. The van der Waals surface area contributed by atoms with Crippen molar-refractivity contribution in [2.24, 2.45) is 17.1 Å². The number of piperidine rings is 1. The van der Waals surface area contributed by atoms with Crippen LogP contribution in [0.15, 0.2) is 0 Å². The van der Waals surface area contributed by atoms with Gasteiger partial charge in [-0.25, -0.2) is 0 Å². The molecule has 0 aromatic heterocycles. The Labute approximate surface area is 108 Å². The van der Waals surface area contributed by atoms with Crippen LogP contribution in [0.2, 0.25) is 0 Å². The van der Waals surface area contributed by atoms with Crippen molar-refractivity contribution in [2.75, 3.05) is 13.1 Å². The van der Waals surface area contributed by atoms with Crippen molar-refractivity contribution in [3.63, 3.8) is 0 Å². The lowest BCUT2D eigenvalue weighted by Crippen LogP contribution is -2.50. The molecule has 0 unspecified atom stereocenters. The molecule has 104 valence electrons. The molecule has 1 saturated heterocycles. The fraction of sp³-hybridized carbons (Fsp3) is 0.846. The number of carbonyl (C=O) groups is 2. The van der Waals surface area contributed by atoms with Gasteiger partial charge in [-0.1, -0.05) is 13.8 Å². The fourth-order valence-electron chi connectivity index (χ4n) is 2.28. The molecule has 5 nitrogen and oxygen atoms in total. The van der Waals surface area contributed by atoms with Crippen LogP contribution in [0.4, 0.5) is 0 Å². The van der Waals surface area contributed by atoms with E-state index in [2.05, 4.69) is 0 Å². The van der Waals surface area contributed by atoms with Gasteiger partial charge in [-0.2, -0.15) is 0 Å². The van der Waals surface area contributed by atoms with Crippen molar-refractivity contribution in [1.82, 2.24) is 4.90 Å². The van der Waals surface area contributed by atoms with E-state index in [4.69, 9.17) is 10.8 Å². The average Bonchev–Trinajstić information content (AvgIpc) is 2.28. The lowest BCUT2D eigenvalue weighted by molar-refractivity contribution is -0.153. The predicted octanol–water partition coefficient (Wildman–Crippen LogP) is 1.07.